The molecule has 1 N–H and O–H groups in total. The van der Waals surface area contributed by atoms with Gasteiger partial charge in [0.1, 0.15) is 5.41 Å². The number of piperidine rings is 1. The van der Waals surface area contributed by atoms with Crippen LogP contribution in [0.3, 0.4) is 0 Å². The number of hydrogen-bond acceptors (Lipinski definition) is 4. The number of fused-ring (bicyclic) bond motifs is 6. The number of non-ortho nitro benzene ring substituents is 1. The fraction of sp³-hybridized carbons (Fsp3) is 0.350. The second kappa shape index (κ2) is 5.30. The molecule has 2 aromatic rings. The lowest BCUT2D eigenvalue weighted by atomic mass is 9.65. The molecule has 6 heteroatoms. The van der Waals surface area contributed by atoms with E-state index >= 15 is 0 Å². The highest BCUT2D eigenvalue weighted by atomic mass is 16.6. The molecule has 2 aromatic carbocycles. The number of anilines is 2. The van der Waals surface area contributed by atoms with Gasteiger partial charge in [-0.3, -0.25) is 14.9 Å². The summed E-state index contributed by atoms with van der Waals surface area (Å²) in [5, 5.41) is 14.3. The topological polar surface area (TPSA) is 75.5 Å². The number of hydrogen-bond donors (Lipinski definition) is 1. The molecule has 3 heterocycles. The van der Waals surface area contributed by atoms with Crippen LogP contribution in [0.15, 0.2) is 42.5 Å². The van der Waals surface area contributed by atoms with Gasteiger partial charge >= 0.3 is 0 Å². The Morgan fingerprint density at radius 1 is 1.19 bits per heavy atom. The summed E-state index contributed by atoms with van der Waals surface area (Å²) in [6.07, 6.45) is 3.64. The van der Waals surface area contributed by atoms with E-state index in [2.05, 4.69) is 10.2 Å². The van der Waals surface area contributed by atoms with Crippen molar-refractivity contribution in [2.75, 3.05) is 16.8 Å². The van der Waals surface area contributed by atoms with Crippen molar-refractivity contribution in [3.05, 3.63) is 63.7 Å². The van der Waals surface area contributed by atoms with Crippen LogP contribution in [-0.2, 0) is 16.6 Å². The maximum atomic E-state index is 13.2. The third kappa shape index (κ3) is 1.90. The monoisotopic (exact) mass is 349 g/mol. The van der Waals surface area contributed by atoms with Crippen LogP contribution in [0, 0.1) is 10.1 Å². The van der Waals surface area contributed by atoms with Crippen molar-refractivity contribution in [1.82, 2.24) is 0 Å². The smallest absolute Gasteiger partial charge is 0.269 e. The van der Waals surface area contributed by atoms with Gasteiger partial charge in [-0.05, 0) is 48.9 Å². The molecule has 1 amide bonds. The van der Waals surface area contributed by atoms with Crippen LogP contribution in [-0.4, -0.2) is 23.4 Å². The van der Waals surface area contributed by atoms with Gasteiger partial charge in [0.2, 0.25) is 5.91 Å². The number of carbonyl (C=O) groups excluding carboxylic acids is 1. The third-order valence-electron chi connectivity index (χ3n) is 6.19. The van der Waals surface area contributed by atoms with Crippen LogP contribution in [0.25, 0.3) is 0 Å². The summed E-state index contributed by atoms with van der Waals surface area (Å²) in [6.45, 7) is 0.882. The zero-order chi connectivity index (χ0) is 17.9. The fourth-order valence-corrected chi connectivity index (χ4v) is 5.10. The molecule has 1 spiro atoms. The zero-order valence-corrected chi connectivity index (χ0v) is 14.3. The predicted octanol–water partition coefficient (Wildman–Crippen LogP) is 3.40. The number of nitro groups is 1. The minimum absolute atomic E-state index is 0.0211. The van der Waals surface area contributed by atoms with Gasteiger partial charge in [0.05, 0.1) is 4.92 Å². The van der Waals surface area contributed by atoms with Crippen molar-refractivity contribution in [3.8, 4) is 0 Å². The second-order valence-electron chi connectivity index (χ2n) is 7.42. The largest absolute Gasteiger partial charge is 0.367 e. The highest BCUT2D eigenvalue weighted by Gasteiger charge is 2.57. The van der Waals surface area contributed by atoms with Crippen molar-refractivity contribution >= 4 is 23.0 Å². The summed E-state index contributed by atoms with van der Waals surface area (Å²) in [5.41, 5.74) is 3.25. The summed E-state index contributed by atoms with van der Waals surface area (Å²) >= 11 is 0. The van der Waals surface area contributed by atoms with Crippen molar-refractivity contribution in [2.24, 2.45) is 0 Å². The SMILES string of the molecule is O=C1Nc2ccccc2[C@]12Cc1cc([N+](=O)[O-])ccc1N1CCCC[C@H]12. The van der Waals surface area contributed by atoms with Gasteiger partial charge in [-0.2, -0.15) is 0 Å². The normalized spacial score (nSPS) is 26.1. The first-order valence-corrected chi connectivity index (χ1v) is 9.06. The number of carbonyl (C=O) groups is 1. The van der Waals surface area contributed by atoms with E-state index < -0.39 is 5.41 Å². The lowest BCUT2D eigenvalue weighted by Crippen LogP contribution is -2.60. The molecule has 5 rings (SSSR count). The molecule has 3 aliphatic heterocycles. The van der Waals surface area contributed by atoms with E-state index in [1.807, 2.05) is 30.3 Å². The highest BCUT2D eigenvalue weighted by Crippen LogP contribution is 2.52. The molecule has 1 saturated heterocycles. The molecular weight excluding hydrogens is 330 g/mol. The van der Waals surface area contributed by atoms with E-state index in [0.717, 1.165) is 48.3 Å². The molecular formula is C20H19N3O3. The van der Waals surface area contributed by atoms with Gasteiger partial charge in [-0.1, -0.05) is 18.2 Å². The van der Waals surface area contributed by atoms with Gasteiger partial charge in [-0.25, -0.2) is 0 Å². The average molecular weight is 349 g/mol. The highest BCUT2D eigenvalue weighted by molar-refractivity contribution is 6.08. The summed E-state index contributed by atoms with van der Waals surface area (Å²) < 4.78 is 0. The van der Waals surface area contributed by atoms with Gasteiger partial charge in [0.15, 0.2) is 0 Å². The maximum absolute atomic E-state index is 13.2. The Hall–Kier alpha value is -2.89. The van der Waals surface area contributed by atoms with Crippen molar-refractivity contribution < 1.29 is 9.72 Å². The third-order valence-corrected chi connectivity index (χ3v) is 6.19. The van der Waals surface area contributed by atoms with Gasteiger partial charge in [-0.15, -0.1) is 0 Å². The number of rotatable bonds is 1. The Bertz CT molecular complexity index is 942. The van der Waals surface area contributed by atoms with Crippen molar-refractivity contribution in [1.29, 1.82) is 0 Å². The lowest BCUT2D eigenvalue weighted by molar-refractivity contribution is -0.384. The molecule has 0 aromatic heterocycles. The van der Waals surface area contributed by atoms with E-state index in [0.29, 0.717) is 6.42 Å². The van der Waals surface area contributed by atoms with Crippen molar-refractivity contribution in [3.63, 3.8) is 0 Å². The molecule has 0 unspecified atom stereocenters. The minimum Gasteiger partial charge on any atom is -0.367 e. The average Bonchev–Trinajstić information content (AvgIpc) is 2.94. The number of nitrogens with one attached hydrogen (secondary N) is 1. The number of para-hydroxylation sites is 1. The molecule has 0 aliphatic carbocycles. The van der Waals surface area contributed by atoms with Crippen LogP contribution in [0.4, 0.5) is 17.1 Å². The Labute approximate surface area is 151 Å². The molecule has 0 radical (unpaired) electrons. The Balaban J connectivity index is 1.74. The van der Waals surface area contributed by atoms with Crippen LogP contribution in [0.5, 0.6) is 0 Å². The van der Waals surface area contributed by atoms with E-state index in [1.54, 1.807) is 12.1 Å². The van der Waals surface area contributed by atoms with Crippen LogP contribution < -0.4 is 10.2 Å². The number of nitrogens with zero attached hydrogens (tertiary/aromatic N) is 2. The van der Waals surface area contributed by atoms with Crippen LogP contribution in [0.1, 0.15) is 30.4 Å². The molecule has 2 atom stereocenters. The van der Waals surface area contributed by atoms with Crippen LogP contribution in [0.2, 0.25) is 0 Å². The first kappa shape index (κ1) is 15.4. The van der Waals surface area contributed by atoms with Gasteiger partial charge in [0, 0.05) is 36.1 Å². The van der Waals surface area contributed by atoms with Crippen molar-refractivity contribution in [2.45, 2.75) is 37.1 Å². The second-order valence-corrected chi connectivity index (χ2v) is 7.42. The standard InChI is InChI=1S/C20H19N3O3/c24-19-20(15-5-1-2-6-16(15)21-19)12-13-11-14(23(25)26)8-9-17(13)22-10-4-3-7-18(20)22/h1-2,5-6,8-9,11,18H,3-4,7,10,12H2,(H,21,24)/t18-,20-/m0/s1. The lowest BCUT2D eigenvalue weighted by Gasteiger charge is -2.51. The predicted molar refractivity (Wildman–Crippen MR) is 98.5 cm³/mol. The molecule has 0 bridgehead atoms. The summed E-state index contributed by atoms with van der Waals surface area (Å²) in [4.78, 5) is 26.4. The van der Waals surface area contributed by atoms with E-state index in [9.17, 15) is 14.9 Å². The number of benzene rings is 2. The molecule has 0 saturated carbocycles. The summed E-state index contributed by atoms with van der Waals surface area (Å²) in [7, 11) is 0. The minimum atomic E-state index is -0.667. The zero-order valence-electron chi connectivity index (χ0n) is 14.3. The molecule has 3 aliphatic rings. The first-order chi connectivity index (χ1) is 12.6. The van der Waals surface area contributed by atoms with Gasteiger partial charge < -0.3 is 10.2 Å². The molecule has 132 valence electrons. The molecule has 26 heavy (non-hydrogen) atoms. The quantitative estimate of drug-likeness (QED) is 0.632. The number of amides is 1. The molecule has 1 fully saturated rings. The van der Waals surface area contributed by atoms with E-state index in [4.69, 9.17) is 0 Å². The maximum Gasteiger partial charge on any atom is 0.269 e. The Morgan fingerprint density at radius 2 is 2.04 bits per heavy atom. The van der Waals surface area contributed by atoms with Crippen LogP contribution >= 0.6 is 0 Å². The number of nitro benzene ring substituents is 1. The molecule has 6 nitrogen and oxygen atoms in total. The fourth-order valence-electron chi connectivity index (χ4n) is 5.10. The van der Waals surface area contributed by atoms with E-state index in [1.165, 1.54) is 0 Å². The Kier molecular flexibility index (Phi) is 3.13. The Morgan fingerprint density at radius 3 is 2.88 bits per heavy atom. The van der Waals surface area contributed by atoms with Gasteiger partial charge in [0.25, 0.3) is 5.69 Å². The first-order valence-electron chi connectivity index (χ1n) is 9.06. The summed E-state index contributed by atoms with van der Waals surface area (Å²) in [5.74, 6) is 0.0211. The van der Waals surface area contributed by atoms with E-state index in [-0.39, 0.29) is 22.6 Å². The summed E-state index contributed by atoms with van der Waals surface area (Å²) in [6, 6.07) is 13.0.